The highest BCUT2D eigenvalue weighted by atomic mass is 16.5. The molecule has 0 atom stereocenters. The van der Waals surface area contributed by atoms with Gasteiger partial charge in [-0.1, -0.05) is 48.5 Å². The largest absolute Gasteiger partial charge is 0.445 e. The Morgan fingerprint density at radius 3 is 2.56 bits per heavy atom. The van der Waals surface area contributed by atoms with E-state index in [1.54, 1.807) is 0 Å². The zero-order valence-corrected chi connectivity index (χ0v) is 14.1. The zero-order chi connectivity index (χ0) is 17.5. The molecular weight excluding hydrogens is 316 g/mol. The van der Waals surface area contributed by atoms with Crippen LogP contribution in [0.15, 0.2) is 48.5 Å². The number of amides is 2. The monoisotopic (exact) mass is 338 g/mol. The summed E-state index contributed by atoms with van der Waals surface area (Å²) in [5.74, 6) is -0.239. The standard InChI is InChI=1S/C20H22N2O3/c23-19(13-22-20(24)25-14-15-5-2-1-3-6-15)21-12-16-9-10-17-7-4-8-18(17)11-16/h1-3,5-6,9-11H,4,7-8,12-14H2,(H,21,23)(H,22,24). The van der Waals surface area contributed by atoms with Gasteiger partial charge in [0.1, 0.15) is 13.2 Å². The number of carbonyl (C=O) groups excluding carboxylic acids is 2. The molecular formula is C20H22N2O3. The van der Waals surface area contributed by atoms with Crippen LogP contribution in [0, 0.1) is 0 Å². The van der Waals surface area contributed by atoms with E-state index in [2.05, 4.69) is 22.8 Å². The third kappa shape index (κ3) is 5.08. The van der Waals surface area contributed by atoms with E-state index in [9.17, 15) is 9.59 Å². The van der Waals surface area contributed by atoms with Gasteiger partial charge in [0, 0.05) is 6.54 Å². The average molecular weight is 338 g/mol. The molecule has 0 unspecified atom stereocenters. The van der Waals surface area contributed by atoms with Crippen LogP contribution in [0.5, 0.6) is 0 Å². The summed E-state index contributed by atoms with van der Waals surface area (Å²) < 4.78 is 5.06. The van der Waals surface area contributed by atoms with Gasteiger partial charge in [0.15, 0.2) is 0 Å². The van der Waals surface area contributed by atoms with Crippen LogP contribution in [0.25, 0.3) is 0 Å². The second-order valence-corrected chi connectivity index (χ2v) is 6.15. The van der Waals surface area contributed by atoms with Gasteiger partial charge in [-0.2, -0.15) is 0 Å². The van der Waals surface area contributed by atoms with Crippen molar-refractivity contribution in [1.29, 1.82) is 0 Å². The number of hydrogen-bond acceptors (Lipinski definition) is 3. The zero-order valence-electron chi connectivity index (χ0n) is 14.1. The molecule has 2 aromatic rings. The summed E-state index contributed by atoms with van der Waals surface area (Å²) in [6.07, 6.45) is 2.87. The lowest BCUT2D eigenvalue weighted by Gasteiger charge is -2.09. The average Bonchev–Trinajstić information content (AvgIpc) is 3.11. The molecule has 0 spiro atoms. The molecule has 0 bridgehead atoms. The molecule has 2 aromatic carbocycles. The summed E-state index contributed by atoms with van der Waals surface area (Å²) >= 11 is 0. The minimum atomic E-state index is -0.600. The van der Waals surface area contributed by atoms with E-state index >= 15 is 0 Å². The molecule has 5 heteroatoms. The summed E-state index contributed by atoms with van der Waals surface area (Å²) in [5.41, 5.74) is 4.78. The van der Waals surface area contributed by atoms with E-state index in [1.165, 1.54) is 17.5 Å². The smallest absolute Gasteiger partial charge is 0.407 e. The molecule has 0 fully saturated rings. The van der Waals surface area contributed by atoms with Crippen LogP contribution in [0.1, 0.15) is 28.7 Å². The lowest BCUT2D eigenvalue weighted by atomic mass is 10.1. The number of hydrogen-bond donors (Lipinski definition) is 2. The number of rotatable bonds is 6. The topological polar surface area (TPSA) is 67.4 Å². The Bertz CT molecular complexity index is 744. The Morgan fingerprint density at radius 1 is 0.920 bits per heavy atom. The predicted octanol–water partition coefficient (Wildman–Crippen LogP) is 2.72. The minimum absolute atomic E-state index is 0.0986. The predicted molar refractivity (Wildman–Crippen MR) is 94.9 cm³/mol. The van der Waals surface area contributed by atoms with Gasteiger partial charge < -0.3 is 15.4 Å². The molecule has 2 amide bonds. The highest BCUT2D eigenvalue weighted by molar-refractivity contribution is 5.82. The van der Waals surface area contributed by atoms with Gasteiger partial charge in [0.2, 0.25) is 5.91 Å². The van der Waals surface area contributed by atoms with Gasteiger partial charge in [0.25, 0.3) is 0 Å². The van der Waals surface area contributed by atoms with Gasteiger partial charge in [-0.3, -0.25) is 4.79 Å². The first kappa shape index (κ1) is 17.0. The lowest BCUT2D eigenvalue weighted by molar-refractivity contribution is -0.120. The van der Waals surface area contributed by atoms with Crippen molar-refractivity contribution in [3.63, 3.8) is 0 Å². The van der Waals surface area contributed by atoms with Crippen LogP contribution in [0.4, 0.5) is 4.79 Å². The van der Waals surface area contributed by atoms with Crippen molar-refractivity contribution in [2.45, 2.75) is 32.4 Å². The van der Waals surface area contributed by atoms with Crippen LogP contribution in [-0.4, -0.2) is 18.5 Å². The first-order chi connectivity index (χ1) is 12.2. The molecule has 5 nitrogen and oxygen atoms in total. The normalized spacial score (nSPS) is 12.3. The van der Waals surface area contributed by atoms with Gasteiger partial charge in [-0.25, -0.2) is 4.79 Å². The Morgan fingerprint density at radius 2 is 1.72 bits per heavy atom. The van der Waals surface area contributed by atoms with Crippen molar-refractivity contribution in [3.05, 3.63) is 70.8 Å². The number of ether oxygens (including phenoxy) is 1. The molecule has 25 heavy (non-hydrogen) atoms. The molecule has 130 valence electrons. The first-order valence-electron chi connectivity index (χ1n) is 8.52. The molecule has 0 aromatic heterocycles. The summed E-state index contributed by atoms with van der Waals surface area (Å²) in [4.78, 5) is 23.5. The second-order valence-electron chi connectivity index (χ2n) is 6.15. The van der Waals surface area contributed by atoms with E-state index in [0.29, 0.717) is 6.54 Å². The third-order valence-corrected chi connectivity index (χ3v) is 4.26. The lowest BCUT2D eigenvalue weighted by Crippen LogP contribution is -2.36. The van der Waals surface area contributed by atoms with Crippen molar-refractivity contribution in [2.24, 2.45) is 0 Å². The Kier molecular flexibility index (Phi) is 5.67. The Balaban J connectivity index is 1.35. The molecule has 0 radical (unpaired) electrons. The van der Waals surface area contributed by atoms with Crippen LogP contribution >= 0.6 is 0 Å². The van der Waals surface area contributed by atoms with Gasteiger partial charge >= 0.3 is 6.09 Å². The maximum atomic E-state index is 11.8. The van der Waals surface area contributed by atoms with Gasteiger partial charge in [0.05, 0.1) is 0 Å². The molecule has 0 heterocycles. The quantitative estimate of drug-likeness (QED) is 0.851. The van der Waals surface area contributed by atoms with Gasteiger partial charge in [-0.15, -0.1) is 0 Å². The van der Waals surface area contributed by atoms with Crippen LogP contribution < -0.4 is 10.6 Å². The number of fused-ring (bicyclic) bond motifs is 1. The molecule has 3 rings (SSSR count). The highest BCUT2D eigenvalue weighted by Crippen LogP contribution is 2.22. The second kappa shape index (κ2) is 8.33. The fourth-order valence-electron chi connectivity index (χ4n) is 2.92. The molecule has 1 aliphatic rings. The van der Waals surface area contributed by atoms with Crippen molar-refractivity contribution in [2.75, 3.05) is 6.54 Å². The fourth-order valence-corrected chi connectivity index (χ4v) is 2.92. The maximum Gasteiger partial charge on any atom is 0.407 e. The summed E-state index contributed by atoms with van der Waals surface area (Å²) in [6.45, 7) is 0.550. The van der Waals surface area contributed by atoms with Crippen LogP contribution in [0.3, 0.4) is 0 Å². The molecule has 1 aliphatic carbocycles. The summed E-state index contributed by atoms with van der Waals surface area (Å²) in [7, 11) is 0. The minimum Gasteiger partial charge on any atom is -0.445 e. The van der Waals surface area contributed by atoms with E-state index in [4.69, 9.17) is 4.74 Å². The SMILES string of the molecule is O=C(CNC(=O)OCc1ccccc1)NCc1ccc2c(c1)CCC2. The van der Waals surface area contributed by atoms with Gasteiger partial charge in [-0.05, 0) is 41.5 Å². The molecule has 0 saturated heterocycles. The number of alkyl carbamates (subject to hydrolysis) is 1. The molecule has 2 N–H and O–H groups in total. The summed E-state index contributed by atoms with van der Waals surface area (Å²) in [5, 5.41) is 5.27. The number of aryl methyl sites for hydroxylation is 2. The van der Waals surface area contributed by atoms with Crippen LogP contribution in [-0.2, 0) is 35.5 Å². The fraction of sp³-hybridized carbons (Fsp3) is 0.300. The van der Waals surface area contributed by atoms with Crippen LogP contribution in [0.2, 0.25) is 0 Å². The van der Waals surface area contributed by atoms with Crippen molar-refractivity contribution >= 4 is 12.0 Å². The Hall–Kier alpha value is -2.82. The van der Waals surface area contributed by atoms with Crippen molar-refractivity contribution in [1.82, 2.24) is 10.6 Å². The number of carbonyl (C=O) groups is 2. The van der Waals surface area contributed by atoms with E-state index in [1.807, 2.05) is 36.4 Å². The molecule has 0 saturated carbocycles. The Labute approximate surface area is 147 Å². The van der Waals surface area contributed by atoms with E-state index < -0.39 is 6.09 Å². The first-order valence-corrected chi connectivity index (χ1v) is 8.52. The number of nitrogens with one attached hydrogen (secondary N) is 2. The van der Waals surface area contributed by atoms with Crippen molar-refractivity contribution < 1.29 is 14.3 Å². The number of benzene rings is 2. The maximum absolute atomic E-state index is 11.8. The third-order valence-electron chi connectivity index (χ3n) is 4.26. The summed E-state index contributed by atoms with van der Waals surface area (Å²) in [6, 6.07) is 15.7. The molecule has 0 aliphatic heterocycles. The van der Waals surface area contributed by atoms with E-state index in [0.717, 1.165) is 24.0 Å². The highest BCUT2D eigenvalue weighted by Gasteiger charge is 2.11. The van der Waals surface area contributed by atoms with Crippen molar-refractivity contribution in [3.8, 4) is 0 Å². The van der Waals surface area contributed by atoms with E-state index in [-0.39, 0.29) is 19.1 Å².